The highest BCUT2D eigenvalue weighted by atomic mass is 19.2. The van der Waals surface area contributed by atoms with E-state index in [9.17, 15) is 8.78 Å². The molecule has 1 N–H and O–H groups in total. The Balaban J connectivity index is 2.46. The van der Waals surface area contributed by atoms with Crippen LogP contribution in [-0.2, 0) is 6.42 Å². The van der Waals surface area contributed by atoms with Crippen LogP contribution < -0.4 is 5.32 Å². The van der Waals surface area contributed by atoms with E-state index in [-0.39, 0.29) is 0 Å². The average Bonchev–Trinajstić information content (AvgIpc) is 2.48. The second-order valence-electron chi connectivity index (χ2n) is 5.81. The summed E-state index contributed by atoms with van der Waals surface area (Å²) in [6.45, 7) is 5.33. The number of halogens is 2. The number of rotatable bonds is 11. The molecule has 0 amide bonds. The van der Waals surface area contributed by atoms with Crippen molar-refractivity contribution in [3.63, 3.8) is 0 Å². The van der Waals surface area contributed by atoms with Crippen LogP contribution in [0, 0.1) is 11.6 Å². The topological polar surface area (TPSA) is 12.0 Å². The van der Waals surface area contributed by atoms with Gasteiger partial charge in [0, 0.05) is 6.04 Å². The maximum Gasteiger partial charge on any atom is 0.159 e. The molecule has 1 atom stereocenters. The number of hydrogen-bond donors (Lipinski definition) is 1. The Labute approximate surface area is 128 Å². The van der Waals surface area contributed by atoms with Gasteiger partial charge in [-0.05, 0) is 43.5 Å². The molecule has 1 aromatic carbocycles. The van der Waals surface area contributed by atoms with Crippen LogP contribution >= 0.6 is 0 Å². The molecule has 0 saturated carbocycles. The van der Waals surface area contributed by atoms with E-state index in [2.05, 4.69) is 19.2 Å². The van der Waals surface area contributed by atoms with E-state index in [4.69, 9.17) is 0 Å². The number of benzene rings is 1. The molecule has 1 unspecified atom stereocenters. The first-order chi connectivity index (χ1) is 10.2. The van der Waals surface area contributed by atoms with E-state index in [0.29, 0.717) is 6.04 Å². The van der Waals surface area contributed by atoms with Gasteiger partial charge in [0.25, 0.3) is 0 Å². The Morgan fingerprint density at radius 2 is 1.71 bits per heavy atom. The molecule has 0 bridgehead atoms. The summed E-state index contributed by atoms with van der Waals surface area (Å²) in [4.78, 5) is 0. The molecular formula is C18H29F2N. The molecular weight excluding hydrogens is 268 g/mol. The molecule has 0 aliphatic carbocycles. The molecule has 0 aliphatic rings. The summed E-state index contributed by atoms with van der Waals surface area (Å²) < 4.78 is 26.2. The molecule has 0 spiro atoms. The number of unbranched alkanes of at least 4 members (excludes halogenated alkanes) is 4. The van der Waals surface area contributed by atoms with Gasteiger partial charge in [-0.15, -0.1) is 0 Å². The van der Waals surface area contributed by atoms with Crippen LogP contribution in [-0.4, -0.2) is 12.6 Å². The fourth-order valence-electron chi connectivity index (χ4n) is 2.57. The summed E-state index contributed by atoms with van der Waals surface area (Å²) >= 11 is 0. The van der Waals surface area contributed by atoms with Gasteiger partial charge in [0.2, 0.25) is 0 Å². The molecule has 1 rings (SSSR count). The summed E-state index contributed by atoms with van der Waals surface area (Å²) in [7, 11) is 0. The molecule has 21 heavy (non-hydrogen) atoms. The summed E-state index contributed by atoms with van der Waals surface area (Å²) in [5.41, 5.74) is 0.871. The molecule has 0 aromatic heterocycles. The van der Waals surface area contributed by atoms with Crippen molar-refractivity contribution in [3.05, 3.63) is 35.4 Å². The first-order valence-electron chi connectivity index (χ1n) is 8.34. The van der Waals surface area contributed by atoms with Crippen molar-refractivity contribution in [2.45, 2.75) is 71.3 Å². The Kier molecular flexibility index (Phi) is 9.24. The van der Waals surface area contributed by atoms with Crippen LogP contribution in [0.3, 0.4) is 0 Å². The smallest absolute Gasteiger partial charge is 0.159 e. The molecule has 3 heteroatoms. The minimum absolute atomic E-state index is 0.358. The quantitative estimate of drug-likeness (QED) is 0.551. The second-order valence-corrected chi connectivity index (χ2v) is 5.81. The highest BCUT2D eigenvalue weighted by molar-refractivity contribution is 5.18. The van der Waals surface area contributed by atoms with Crippen LogP contribution in [0.5, 0.6) is 0 Å². The van der Waals surface area contributed by atoms with E-state index in [1.54, 1.807) is 6.07 Å². The third-order valence-electron chi connectivity index (χ3n) is 3.81. The van der Waals surface area contributed by atoms with Crippen molar-refractivity contribution in [1.82, 2.24) is 5.32 Å². The fraction of sp³-hybridized carbons (Fsp3) is 0.667. The van der Waals surface area contributed by atoms with E-state index < -0.39 is 11.6 Å². The minimum Gasteiger partial charge on any atom is -0.314 e. The summed E-state index contributed by atoms with van der Waals surface area (Å²) in [5.74, 6) is -1.51. The molecule has 1 nitrogen and oxygen atoms in total. The van der Waals surface area contributed by atoms with Gasteiger partial charge in [0.1, 0.15) is 0 Å². The predicted octanol–water partition coefficient (Wildman–Crippen LogP) is 5.24. The lowest BCUT2D eigenvalue weighted by Gasteiger charge is -2.19. The maximum atomic E-state index is 13.3. The third-order valence-corrected chi connectivity index (χ3v) is 3.81. The van der Waals surface area contributed by atoms with Gasteiger partial charge in [-0.1, -0.05) is 52.0 Å². The zero-order valence-electron chi connectivity index (χ0n) is 13.4. The molecule has 0 aliphatic heterocycles. The second kappa shape index (κ2) is 10.7. The molecule has 1 aromatic rings. The van der Waals surface area contributed by atoms with Crippen molar-refractivity contribution in [1.29, 1.82) is 0 Å². The van der Waals surface area contributed by atoms with Gasteiger partial charge in [-0.25, -0.2) is 8.78 Å². The van der Waals surface area contributed by atoms with Crippen molar-refractivity contribution in [3.8, 4) is 0 Å². The van der Waals surface area contributed by atoms with Crippen LogP contribution in [0.25, 0.3) is 0 Å². The zero-order valence-corrected chi connectivity index (χ0v) is 13.4. The van der Waals surface area contributed by atoms with Crippen molar-refractivity contribution < 1.29 is 8.78 Å². The third kappa shape index (κ3) is 7.56. The van der Waals surface area contributed by atoms with Gasteiger partial charge in [-0.3, -0.25) is 0 Å². The van der Waals surface area contributed by atoms with Crippen LogP contribution in [0.1, 0.15) is 64.4 Å². The van der Waals surface area contributed by atoms with Crippen LogP contribution in [0.4, 0.5) is 8.78 Å². The van der Waals surface area contributed by atoms with Gasteiger partial charge in [0.15, 0.2) is 11.6 Å². The van der Waals surface area contributed by atoms with E-state index in [1.165, 1.54) is 44.2 Å². The highest BCUT2D eigenvalue weighted by Gasteiger charge is 2.10. The van der Waals surface area contributed by atoms with E-state index in [0.717, 1.165) is 31.4 Å². The Hall–Kier alpha value is -0.960. The summed E-state index contributed by atoms with van der Waals surface area (Å²) in [6, 6.07) is 4.60. The summed E-state index contributed by atoms with van der Waals surface area (Å²) in [6.07, 6.45) is 9.27. The molecule has 0 radical (unpaired) electrons. The molecule has 0 heterocycles. The first kappa shape index (κ1) is 18.1. The van der Waals surface area contributed by atoms with Gasteiger partial charge in [-0.2, -0.15) is 0 Å². The lowest BCUT2D eigenvalue weighted by atomic mass is 9.99. The standard InChI is InChI=1S/C18H29F2N/c1-3-5-6-7-8-9-16(21-12-4-2)13-15-10-11-17(19)18(20)14-15/h10-11,14,16,21H,3-9,12-13H2,1-2H3. The van der Waals surface area contributed by atoms with Crippen LogP contribution in [0.2, 0.25) is 0 Å². The van der Waals surface area contributed by atoms with Gasteiger partial charge < -0.3 is 5.32 Å². The maximum absolute atomic E-state index is 13.3. The molecule has 120 valence electrons. The van der Waals surface area contributed by atoms with E-state index in [1.807, 2.05) is 0 Å². The summed E-state index contributed by atoms with van der Waals surface area (Å²) in [5, 5.41) is 3.53. The Bertz CT molecular complexity index is 393. The van der Waals surface area contributed by atoms with Gasteiger partial charge in [0.05, 0.1) is 0 Å². The SMILES string of the molecule is CCCCCCCC(Cc1ccc(F)c(F)c1)NCCC. The van der Waals surface area contributed by atoms with Crippen molar-refractivity contribution in [2.24, 2.45) is 0 Å². The van der Waals surface area contributed by atoms with Gasteiger partial charge >= 0.3 is 0 Å². The predicted molar refractivity (Wildman–Crippen MR) is 85.5 cm³/mol. The molecule has 0 saturated heterocycles. The van der Waals surface area contributed by atoms with Crippen LogP contribution in [0.15, 0.2) is 18.2 Å². The van der Waals surface area contributed by atoms with Crippen molar-refractivity contribution in [2.75, 3.05) is 6.54 Å². The monoisotopic (exact) mass is 297 g/mol. The molecule has 0 fully saturated rings. The number of hydrogen-bond acceptors (Lipinski definition) is 1. The highest BCUT2D eigenvalue weighted by Crippen LogP contribution is 2.14. The lowest BCUT2D eigenvalue weighted by Crippen LogP contribution is -2.31. The van der Waals surface area contributed by atoms with E-state index >= 15 is 0 Å². The minimum atomic E-state index is -0.767. The largest absolute Gasteiger partial charge is 0.314 e. The Morgan fingerprint density at radius 1 is 0.952 bits per heavy atom. The zero-order chi connectivity index (χ0) is 15.5. The lowest BCUT2D eigenvalue weighted by molar-refractivity contribution is 0.449. The number of nitrogens with one attached hydrogen (secondary N) is 1. The van der Waals surface area contributed by atoms with Crippen molar-refractivity contribution >= 4 is 0 Å². The fourth-order valence-corrected chi connectivity index (χ4v) is 2.57. The first-order valence-corrected chi connectivity index (χ1v) is 8.34. The normalized spacial score (nSPS) is 12.6. The Morgan fingerprint density at radius 3 is 2.38 bits per heavy atom. The average molecular weight is 297 g/mol.